The fourth-order valence-electron chi connectivity index (χ4n) is 2.70. The predicted octanol–water partition coefficient (Wildman–Crippen LogP) is 4.84. The standard InChI is InChI=1S/C19H15N3/c1-13-9-10-17-15(12-13)19(22-18-8-4-5-11-20-18)14-6-2-3-7-16(14)21-17/h2-12H,1H3,(H,20,21,22). The molecule has 2 aromatic heterocycles. The summed E-state index contributed by atoms with van der Waals surface area (Å²) in [6, 6.07) is 20.4. The number of hydrogen-bond acceptors (Lipinski definition) is 3. The lowest BCUT2D eigenvalue weighted by Crippen LogP contribution is -1.97. The maximum atomic E-state index is 4.76. The van der Waals surface area contributed by atoms with Crippen molar-refractivity contribution in [2.24, 2.45) is 0 Å². The van der Waals surface area contributed by atoms with Crippen LogP contribution in [-0.2, 0) is 0 Å². The number of anilines is 2. The summed E-state index contributed by atoms with van der Waals surface area (Å²) in [5.41, 5.74) is 4.25. The van der Waals surface area contributed by atoms with Gasteiger partial charge in [0.2, 0.25) is 0 Å². The van der Waals surface area contributed by atoms with Crippen LogP contribution in [0.15, 0.2) is 66.9 Å². The van der Waals surface area contributed by atoms with Crippen molar-refractivity contribution >= 4 is 33.3 Å². The van der Waals surface area contributed by atoms with Gasteiger partial charge in [0.1, 0.15) is 5.82 Å². The van der Waals surface area contributed by atoms with Crippen molar-refractivity contribution in [2.45, 2.75) is 6.92 Å². The molecule has 0 fully saturated rings. The Balaban J connectivity index is 2.04. The van der Waals surface area contributed by atoms with Gasteiger partial charge in [0, 0.05) is 17.0 Å². The summed E-state index contributed by atoms with van der Waals surface area (Å²) >= 11 is 0. The van der Waals surface area contributed by atoms with Crippen LogP contribution >= 0.6 is 0 Å². The van der Waals surface area contributed by atoms with Crippen LogP contribution in [-0.4, -0.2) is 9.97 Å². The maximum Gasteiger partial charge on any atom is 0.130 e. The summed E-state index contributed by atoms with van der Waals surface area (Å²) in [5, 5.41) is 5.68. The molecule has 0 atom stereocenters. The molecule has 0 saturated heterocycles. The van der Waals surface area contributed by atoms with Gasteiger partial charge in [-0.3, -0.25) is 0 Å². The number of pyridine rings is 2. The highest BCUT2D eigenvalue weighted by Gasteiger charge is 2.09. The third-order valence-corrected chi connectivity index (χ3v) is 3.75. The lowest BCUT2D eigenvalue weighted by atomic mass is 10.1. The number of para-hydroxylation sites is 1. The summed E-state index contributed by atoms with van der Waals surface area (Å²) < 4.78 is 0. The largest absolute Gasteiger partial charge is 0.339 e. The van der Waals surface area contributed by atoms with E-state index in [1.165, 1.54) is 5.56 Å². The molecule has 3 nitrogen and oxygen atoms in total. The quantitative estimate of drug-likeness (QED) is 0.536. The number of aryl methyl sites for hydroxylation is 1. The van der Waals surface area contributed by atoms with E-state index in [-0.39, 0.29) is 0 Å². The third kappa shape index (κ3) is 2.17. The van der Waals surface area contributed by atoms with Gasteiger partial charge in [0.05, 0.1) is 16.7 Å². The van der Waals surface area contributed by atoms with Gasteiger partial charge in [-0.15, -0.1) is 0 Å². The SMILES string of the molecule is Cc1ccc2nc3ccccc3c(Nc3ccccn3)c2c1. The van der Waals surface area contributed by atoms with Crippen LogP contribution in [0.3, 0.4) is 0 Å². The van der Waals surface area contributed by atoms with Crippen LogP contribution in [0.5, 0.6) is 0 Å². The van der Waals surface area contributed by atoms with Crippen LogP contribution in [0.1, 0.15) is 5.56 Å². The second kappa shape index (κ2) is 5.11. The van der Waals surface area contributed by atoms with Crippen LogP contribution in [0, 0.1) is 6.92 Å². The summed E-state index contributed by atoms with van der Waals surface area (Å²) in [4.78, 5) is 9.14. The van der Waals surface area contributed by atoms with Crippen molar-refractivity contribution in [2.75, 3.05) is 5.32 Å². The van der Waals surface area contributed by atoms with Gasteiger partial charge >= 0.3 is 0 Å². The summed E-state index contributed by atoms with van der Waals surface area (Å²) in [6.07, 6.45) is 1.79. The highest BCUT2D eigenvalue weighted by molar-refractivity contribution is 6.08. The first-order valence-electron chi connectivity index (χ1n) is 7.28. The fraction of sp³-hybridized carbons (Fsp3) is 0.0526. The molecule has 4 rings (SSSR count). The molecule has 0 aliphatic carbocycles. The number of nitrogens with one attached hydrogen (secondary N) is 1. The first-order valence-corrected chi connectivity index (χ1v) is 7.28. The molecule has 0 aliphatic heterocycles. The Labute approximate surface area is 128 Å². The Bertz CT molecular complexity index is 962. The second-order valence-electron chi connectivity index (χ2n) is 5.36. The number of nitrogens with zero attached hydrogens (tertiary/aromatic N) is 2. The van der Waals surface area contributed by atoms with E-state index < -0.39 is 0 Å². The van der Waals surface area contributed by atoms with Gasteiger partial charge in [-0.05, 0) is 37.3 Å². The molecule has 0 saturated carbocycles. The van der Waals surface area contributed by atoms with Gasteiger partial charge < -0.3 is 5.32 Å². The van der Waals surface area contributed by atoms with E-state index in [2.05, 4.69) is 41.5 Å². The highest BCUT2D eigenvalue weighted by atomic mass is 15.0. The monoisotopic (exact) mass is 285 g/mol. The van der Waals surface area contributed by atoms with Crippen molar-refractivity contribution < 1.29 is 0 Å². The van der Waals surface area contributed by atoms with E-state index in [0.29, 0.717) is 0 Å². The highest BCUT2D eigenvalue weighted by Crippen LogP contribution is 2.32. The molecule has 0 radical (unpaired) electrons. The summed E-state index contributed by atoms with van der Waals surface area (Å²) in [6.45, 7) is 2.10. The second-order valence-corrected chi connectivity index (χ2v) is 5.36. The molecule has 0 amide bonds. The van der Waals surface area contributed by atoms with E-state index >= 15 is 0 Å². The van der Waals surface area contributed by atoms with Crippen molar-refractivity contribution in [1.29, 1.82) is 0 Å². The number of hydrogen-bond donors (Lipinski definition) is 1. The molecule has 2 aromatic carbocycles. The summed E-state index contributed by atoms with van der Waals surface area (Å²) in [7, 11) is 0. The van der Waals surface area contributed by atoms with E-state index in [0.717, 1.165) is 33.3 Å². The molecule has 4 aromatic rings. The molecule has 0 spiro atoms. The Morgan fingerprint density at radius 2 is 1.64 bits per heavy atom. The summed E-state index contributed by atoms with van der Waals surface area (Å²) in [5.74, 6) is 0.835. The lowest BCUT2D eigenvalue weighted by molar-refractivity contribution is 1.31. The van der Waals surface area contributed by atoms with Crippen LogP contribution in [0.2, 0.25) is 0 Å². The zero-order valence-corrected chi connectivity index (χ0v) is 12.2. The van der Waals surface area contributed by atoms with E-state index in [1.54, 1.807) is 6.20 Å². The number of rotatable bonds is 2. The average molecular weight is 285 g/mol. The van der Waals surface area contributed by atoms with Crippen LogP contribution in [0.4, 0.5) is 11.5 Å². The molecule has 0 aliphatic rings. The Morgan fingerprint density at radius 3 is 2.50 bits per heavy atom. The van der Waals surface area contributed by atoms with Crippen molar-refractivity contribution in [3.63, 3.8) is 0 Å². The van der Waals surface area contributed by atoms with E-state index in [1.807, 2.05) is 36.4 Å². The molecule has 2 heterocycles. The predicted molar refractivity (Wildman–Crippen MR) is 91.5 cm³/mol. The molecule has 106 valence electrons. The van der Waals surface area contributed by atoms with E-state index in [9.17, 15) is 0 Å². The van der Waals surface area contributed by atoms with Gasteiger partial charge in [0.25, 0.3) is 0 Å². The Hall–Kier alpha value is -2.94. The molecule has 22 heavy (non-hydrogen) atoms. The number of benzene rings is 2. The van der Waals surface area contributed by atoms with Crippen LogP contribution < -0.4 is 5.32 Å². The molecule has 3 heteroatoms. The number of aromatic nitrogens is 2. The van der Waals surface area contributed by atoms with Gasteiger partial charge in [-0.2, -0.15) is 0 Å². The number of fused-ring (bicyclic) bond motifs is 2. The lowest BCUT2D eigenvalue weighted by Gasteiger charge is -2.13. The minimum absolute atomic E-state index is 0.835. The minimum atomic E-state index is 0.835. The first-order chi connectivity index (χ1) is 10.8. The minimum Gasteiger partial charge on any atom is -0.339 e. The molecular weight excluding hydrogens is 270 g/mol. The average Bonchev–Trinajstić information content (AvgIpc) is 2.56. The molecule has 0 bridgehead atoms. The zero-order valence-electron chi connectivity index (χ0n) is 12.2. The Morgan fingerprint density at radius 1 is 0.818 bits per heavy atom. The Kier molecular flexibility index (Phi) is 2.97. The fourth-order valence-corrected chi connectivity index (χ4v) is 2.70. The molecular formula is C19H15N3. The normalized spacial score (nSPS) is 11.0. The van der Waals surface area contributed by atoms with Crippen LogP contribution in [0.25, 0.3) is 21.8 Å². The molecule has 1 N–H and O–H groups in total. The topological polar surface area (TPSA) is 37.8 Å². The first kappa shape index (κ1) is 12.8. The third-order valence-electron chi connectivity index (χ3n) is 3.75. The molecule has 0 unspecified atom stereocenters. The smallest absolute Gasteiger partial charge is 0.130 e. The van der Waals surface area contributed by atoms with Gasteiger partial charge in [-0.25, -0.2) is 9.97 Å². The van der Waals surface area contributed by atoms with Crippen molar-refractivity contribution in [3.05, 3.63) is 72.4 Å². The zero-order chi connectivity index (χ0) is 14.9. The van der Waals surface area contributed by atoms with Gasteiger partial charge in [0.15, 0.2) is 0 Å². The van der Waals surface area contributed by atoms with Crippen molar-refractivity contribution in [3.8, 4) is 0 Å². The van der Waals surface area contributed by atoms with Crippen molar-refractivity contribution in [1.82, 2.24) is 9.97 Å². The van der Waals surface area contributed by atoms with Gasteiger partial charge in [-0.1, -0.05) is 35.9 Å². The maximum absolute atomic E-state index is 4.76. The van der Waals surface area contributed by atoms with E-state index in [4.69, 9.17) is 4.98 Å².